The number of nitrogens with zero attached hydrogens (tertiary/aromatic N) is 1. The molecule has 0 aliphatic carbocycles. The molecular weight excluding hydrogens is 196 g/mol. The first kappa shape index (κ1) is 12.1. The largest absolute Gasteiger partial charge is 0.327 e. The Hall–Kier alpha value is 0.0700. The Kier molecular flexibility index (Phi) is 5.67. The summed E-state index contributed by atoms with van der Waals surface area (Å²) >= 11 is 0. The molecule has 0 spiro atoms. The predicted octanol–water partition coefficient (Wildman–Crippen LogP) is 0.568. The van der Waals surface area contributed by atoms with Crippen LogP contribution < -0.4 is 5.73 Å². The highest BCUT2D eigenvalue weighted by molar-refractivity contribution is 7.85. The summed E-state index contributed by atoms with van der Waals surface area (Å²) in [6.07, 6.45) is 3.56. The fourth-order valence-corrected chi connectivity index (χ4v) is 2.88. The van der Waals surface area contributed by atoms with E-state index in [9.17, 15) is 4.21 Å². The molecule has 0 bridgehead atoms. The van der Waals surface area contributed by atoms with Crippen LogP contribution in [-0.4, -0.2) is 46.3 Å². The zero-order valence-corrected chi connectivity index (χ0v) is 9.89. The highest BCUT2D eigenvalue weighted by atomic mass is 32.2. The van der Waals surface area contributed by atoms with Crippen molar-refractivity contribution in [1.29, 1.82) is 0 Å². The van der Waals surface area contributed by atoms with Gasteiger partial charge in [-0.15, -0.1) is 0 Å². The lowest BCUT2D eigenvalue weighted by Gasteiger charge is -2.28. The standard InChI is InChI=1S/C10H22N2OS/c1-2-3-4-10(11)9-12-5-7-14(13)8-6-12/h10H,2-9,11H2,1H3. The van der Waals surface area contributed by atoms with E-state index >= 15 is 0 Å². The van der Waals surface area contributed by atoms with Crippen LogP contribution in [0.3, 0.4) is 0 Å². The lowest BCUT2D eigenvalue weighted by molar-refractivity contribution is 0.273. The smallest absolute Gasteiger partial charge is 0.0363 e. The summed E-state index contributed by atoms with van der Waals surface area (Å²) in [6, 6.07) is 0.307. The number of hydrogen-bond donors (Lipinski definition) is 1. The van der Waals surface area contributed by atoms with Crippen molar-refractivity contribution in [2.45, 2.75) is 32.2 Å². The van der Waals surface area contributed by atoms with Gasteiger partial charge in [0.1, 0.15) is 0 Å². The SMILES string of the molecule is CCCCC(N)CN1CCS(=O)CC1. The maximum Gasteiger partial charge on any atom is 0.0363 e. The van der Waals surface area contributed by atoms with Gasteiger partial charge in [0, 0.05) is 48.0 Å². The maximum absolute atomic E-state index is 11.1. The third-order valence-corrected chi connectivity index (χ3v) is 3.97. The van der Waals surface area contributed by atoms with Gasteiger partial charge in [-0.05, 0) is 6.42 Å². The van der Waals surface area contributed by atoms with Gasteiger partial charge in [-0.3, -0.25) is 9.11 Å². The average molecular weight is 218 g/mol. The molecule has 1 aliphatic heterocycles. The molecule has 1 fully saturated rings. The molecule has 0 aromatic rings. The number of unbranched alkanes of at least 4 members (excludes halogenated alkanes) is 1. The minimum absolute atomic E-state index is 0.307. The first-order valence-electron chi connectivity index (χ1n) is 5.55. The fourth-order valence-electron chi connectivity index (χ4n) is 1.75. The van der Waals surface area contributed by atoms with E-state index in [2.05, 4.69) is 11.8 Å². The molecule has 3 nitrogen and oxygen atoms in total. The second kappa shape index (κ2) is 6.53. The van der Waals surface area contributed by atoms with Gasteiger partial charge in [-0.1, -0.05) is 19.8 Å². The average Bonchev–Trinajstić information content (AvgIpc) is 2.18. The number of hydrogen-bond acceptors (Lipinski definition) is 3. The number of nitrogens with two attached hydrogens (primary N) is 1. The normalized spacial score (nSPS) is 22.4. The van der Waals surface area contributed by atoms with E-state index in [0.29, 0.717) is 6.04 Å². The molecule has 0 radical (unpaired) electrons. The van der Waals surface area contributed by atoms with Crippen LogP contribution in [0.1, 0.15) is 26.2 Å². The van der Waals surface area contributed by atoms with Gasteiger partial charge < -0.3 is 5.73 Å². The molecule has 1 aliphatic rings. The Balaban J connectivity index is 2.13. The van der Waals surface area contributed by atoms with Gasteiger partial charge in [0.15, 0.2) is 0 Å². The van der Waals surface area contributed by atoms with Crippen LogP contribution in [0.4, 0.5) is 0 Å². The molecule has 1 unspecified atom stereocenters. The maximum atomic E-state index is 11.1. The van der Waals surface area contributed by atoms with Crippen molar-refractivity contribution in [3.8, 4) is 0 Å². The lowest BCUT2D eigenvalue weighted by atomic mass is 10.1. The number of rotatable bonds is 5. The Morgan fingerprint density at radius 1 is 1.43 bits per heavy atom. The lowest BCUT2D eigenvalue weighted by Crippen LogP contribution is -2.44. The molecular formula is C10H22N2OS. The molecule has 0 amide bonds. The van der Waals surface area contributed by atoms with Crippen LogP contribution in [0.15, 0.2) is 0 Å². The van der Waals surface area contributed by atoms with Crippen molar-refractivity contribution in [3.05, 3.63) is 0 Å². The zero-order valence-electron chi connectivity index (χ0n) is 9.08. The summed E-state index contributed by atoms with van der Waals surface area (Å²) in [4.78, 5) is 2.35. The highest BCUT2D eigenvalue weighted by Crippen LogP contribution is 2.04. The molecule has 4 heteroatoms. The quantitative estimate of drug-likeness (QED) is 0.734. The molecule has 0 aromatic heterocycles. The van der Waals surface area contributed by atoms with Crippen LogP contribution >= 0.6 is 0 Å². The summed E-state index contributed by atoms with van der Waals surface area (Å²) in [6.45, 7) is 5.10. The van der Waals surface area contributed by atoms with Gasteiger partial charge in [0.05, 0.1) is 0 Å². The second-order valence-corrected chi connectivity index (χ2v) is 5.75. The van der Waals surface area contributed by atoms with E-state index in [4.69, 9.17) is 5.73 Å². The minimum Gasteiger partial charge on any atom is -0.327 e. The van der Waals surface area contributed by atoms with Crippen LogP contribution in [0, 0.1) is 0 Å². The molecule has 2 N–H and O–H groups in total. The first-order chi connectivity index (χ1) is 6.72. The van der Waals surface area contributed by atoms with E-state index in [-0.39, 0.29) is 0 Å². The fraction of sp³-hybridized carbons (Fsp3) is 1.00. The Morgan fingerprint density at radius 3 is 2.64 bits per heavy atom. The van der Waals surface area contributed by atoms with E-state index in [1.807, 2.05) is 0 Å². The summed E-state index contributed by atoms with van der Waals surface area (Å²) in [5, 5.41) is 0. The van der Waals surface area contributed by atoms with Crippen LogP contribution in [-0.2, 0) is 10.8 Å². The van der Waals surface area contributed by atoms with Gasteiger partial charge in [-0.25, -0.2) is 0 Å². The van der Waals surface area contributed by atoms with Gasteiger partial charge in [-0.2, -0.15) is 0 Å². The summed E-state index contributed by atoms with van der Waals surface area (Å²) < 4.78 is 11.1. The summed E-state index contributed by atoms with van der Waals surface area (Å²) in [7, 11) is -0.564. The topological polar surface area (TPSA) is 46.3 Å². The molecule has 0 aromatic carbocycles. The minimum atomic E-state index is -0.564. The van der Waals surface area contributed by atoms with Crippen LogP contribution in [0.5, 0.6) is 0 Å². The Bertz CT molecular complexity index is 177. The Morgan fingerprint density at radius 2 is 2.07 bits per heavy atom. The van der Waals surface area contributed by atoms with Gasteiger partial charge in [0.2, 0.25) is 0 Å². The van der Waals surface area contributed by atoms with Crippen LogP contribution in [0.2, 0.25) is 0 Å². The highest BCUT2D eigenvalue weighted by Gasteiger charge is 2.16. The summed E-state index contributed by atoms with van der Waals surface area (Å²) in [5.74, 6) is 1.67. The van der Waals surface area contributed by atoms with Crippen molar-refractivity contribution in [1.82, 2.24) is 4.90 Å². The predicted molar refractivity (Wildman–Crippen MR) is 61.8 cm³/mol. The Labute approximate surface area is 89.5 Å². The molecule has 1 saturated heterocycles. The van der Waals surface area contributed by atoms with Crippen molar-refractivity contribution in [2.75, 3.05) is 31.1 Å². The summed E-state index contributed by atoms with van der Waals surface area (Å²) in [5.41, 5.74) is 6.01. The van der Waals surface area contributed by atoms with Crippen molar-refractivity contribution >= 4 is 10.8 Å². The van der Waals surface area contributed by atoms with Crippen molar-refractivity contribution in [3.63, 3.8) is 0 Å². The van der Waals surface area contributed by atoms with Crippen LogP contribution in [0.25, 0.3) is 0 Å². The third kappa shape index (κ3) is 4.53. The monoisotopic (exact) mass is 218 g/mol. The van der Waals surface area contributed by atoms with Crippen molar-refractivity contribution in [2.24, 2.45) is 5.73 Å². The van der Waals surface area contributed by atoms with E-state index in [0.717, 1.165) is 37.6 Å². The first-order valence-corrected chi connectivity index (χ1v) is 7.04. The zero-order chi connectivity index (χ0) is 10.4. The van der Waals surface area contributed by atoms with Gasteiger partial charge >= 0.3 is 0 Å². The second-order valence-electron chi connectivity index (χ2n) is 4.05. The molecule has 0 saturated carbocycles. The molecule has 1 atom stereocenters. The van der Waals surface area contributed by atoms with E-state index in [1.54, 1.807) is 0 Å². The molecule has 1 rings (SSSR count). The van der Waals surface area contributed by atoms with E-state index in [1.165, 1.54) is 12.8 Å². The van der Waals surface area contributed by atoms with Gasteiger partial charge in [0.25, 0.3) is 0 Å². The molecule has 84 valence electrons. The molecule has 1 heterocycles. The molecule has 14 heavy (non-hydrogen) atoms. The van der Waals surface area contributed by atoms with Crippen molar-refractivity contribution < 1.29 is 4.21 Å². The third-order valence-electron chi connectivity index (χ3n) is 2.69. The van der Waals surface area contributed by atoms with E-state index < -0.39 is 10.8 Å².